The van der Waals surface area contributed by atoms with Gasteiger partial charge in [-0.05, 0) is 23.5 Å². The first-order chi connectivity index (χ1) is 14.2. The van der Waals surface area contributed by atoms with Gasteiger partial charge in [-0.25, -0.2) is 0 Å². The molecule has 158 valence electrons. The maximum atomic E-state index is 12.9. The topological polar surface area (TPSA) is 51.0 Å². The maximum absolute atomic E-state index is 12.9. The Morgan fingerprint density at radius 3 is 2.20 bits per heavy atom. The van der Waals surface area contributed by atoms with Crippen LogP contribution in [-0.4, -0.2) is 39.7 Å². The van der Waals surface area contributed by atoms with Crippen molar-refractivity contribution in [3.8, 4) is 11.4 Å². The van der Waals surface area contributed by atoms with Crippen LogP contribution in [0, 0.1) is 0 Å². The number of rotatable bonds is 6. The first-order valence-electron chi connectivity index (χ1n) is 10.2. The lowest BCUT2D eigenvalue weighted by molar-refractivity contribution is -0.128. The Hall–Kier alpha value is -2.60. The zero-order valence-electron chi connectivity index (χ0n) is 18.6. The zero-order chi connectivity index (χ0) is 21.9. The highest BCUT2D eigenvalue weighted by Crippen LogP contribution is 2.37. The van der Waals surface area contributed by atoms with E-state index < -0.39 is 0 Å². The van der Waals surface area contributed by atoms with Gasteiger partial charge >= 0.3 is 0 Å². The molecule has 1 atom stereocenters. The Kier molecular flexibility index (Phi) is 6.66. The molecule has 1 amide bonds. The quantitative estimate of drug-likeness (QED) is 0.513. The molecule has 0 fully saturated rings. The molecule has 1 unspecified atom stereocenters. The summed E-state index contributed by atoms with van der Waals surface area (Å²) in [6, 6.07) is 18.3. The largest absolute Gasteiger partial charge is 0.348 e. The van der Waals surface area contributed by atoms with Crippen molar-refractivity contribution in [1.29, 1.82) is 0 Å². The van der Waals surface area contributed by atoms with Crippen LogP contribution in [0.15, 0.2) is 59.8 Å². The Morgan fingerprint density at radius 1 is 1.03 bits per heavy atom. The third-order valence-electron chi connectivity index (χ3n) is 5.03. The summed E-state index contributed by atoms with van der Waals surface area (Å²) in [4.78, 5) is 14.5. The van der Waals surface area contributed by atoms with Gasteiger partial charge in [0.1, 0.15) is 5.25 Å². The van der Waals surface area contributed by atoms with Crippen molar-refractivity contribution >= 4 is 17.7 Å². The van der Waals surface area contributed by atoms with Crippen LogP contribution in [0.25, 0.3) is 11.4 Å². The summed E-state index contributed by atoms with van der Waals surface area (Å²) in [6.45, 7) is 9.42. The number of nitrogens with zero attached hydrogens (tertiary/aromatic N) is 4. The smallest absolute Gasteiger partial charge is 0.240 e. The van der Waals surface area contributed by atoms with Crippen LogP contribution in [0.2, 0.25) is 0 Å². The average Bonchev–Trinajstić information content (AvgIpc) is 3.14. The molecule has 3 rings (SSSR count). The van der Waals surface area contributed by atoms with E-state index in [1.165, 1.54) is 17.3 Å². The summed E-state index contributed by atoms with van der Waals surface area (Å²) in [5.41, 5.74) is 3.37. The Labute approximate surface area is 183 Å². The Morgan fingerprint density at radius 2 is 1.67 bits per heavy atom. The minimum absolute atomic E-state index is 0.0351. The Balaban J connectivity index is 1.95. The van der Waals surface area contributed by atoms with Crippen LogP contribution < -0.4 is 0 Å². The Bertz CT molecular complexity index is 988. The SMILES string of the molecule is CCn1c(SC(C(=O)N(C)C)c2ccccc2)nnc1-c1ccc(C(C)(C)C)cc1. The summed E-state index contributed by atoms with van der Waals surface area (Å²) in [5, 5.41) is 9.29. The van der Waals surface area contributed by atoms with Gasteiger partial charge < -0.3 is 9.47 Å². The summed E-state index contributed by atoms with van der Waals surface area (Å²) in [5.74, 6) is 0.859. The van der Waals surface area contributed by atoms with E-state index in [4.69, 9.17) is 0 Å². The molecule has 1 aromatic heterocycles. The summed E-state index contributed by atoms with van der Waals surface area (Å²) in [7, 11) is 3.57. The van der Waals surface area contributed by atoms with Crippen molar-refractivity contribution in [1.82, 2.24) is 19.7 Å². The molecular formula is C24H30N4OS. The molecular weight excluding hydrogens is 392 g/mol. The van der Waals surface area contributed by atoms with Crippen molar-refractivity contribution in [3.63, 3.8) is 0 Å². The monoisotopic (exact) mass is 422 g/mol. The fraction of sp³-hybridized carbons (Fsp3) is 0.375. The van der Waals surface area contributed by atoms with Gasteiger partial charge in [-0.1, -0.05) is 87.1 Å². The minimum atomic E-state index is -0.369. The number of likely N-dealkylation sites (N-methyl/N-ethyl adjacent to an activating group) is 1. The van der Waals surface area contributed by atoms with Gasteiger partial charge in [-0.3, -0.25) is 4.79 Å². The minimum Gasteiger partial charge on any atom is -0.348 e. The number of amides is 1. The maximum Gasteiger partial charge on any atom is 0.240 e. The van der Waals surface area contributed by atoms with Gasteiger partial charge in [-0.15, -0.1) is 10.2 Å². The van der Waals surface area contributed by atoms with Gasteiger partial charge in [0.25, 0.3) is 0 Å². The molecule has 0 aliphatic rings. The number of carbonyl (C=O) groups is 1. The molecule has 0 aliphatic carbocycles. The molecule has 0 radical (unpaired) electrons. The van der Waals surface area contributed by atoms with E-state index in [-0.39, 0.29) is 16.6 Å². The normalized spacial score (nSPS) is 12.6. The van der Waals surface area contributed by atoms with Gasteiger partial charge in [-0.2, -0.15) is 0 Å². The second-order valence-electron chi connectivity index (χ2n) is 8.52. The van der Waals surface area contributed by atoms with Gasteiger partial charge in [0.05, 0.1) is 0 Å². The molecule has 0 saturated carbocycles. The lowest BCUT2D eigenvalue weighted by Gasteiger charge is -2.20. The number of hydrogen-bond donors (Lipinski definition) is 0. The molecule has 1 heterocycles. The molecule has 5 nitrogen and oxygen atoms in total. The van der Waals surface area contributed by atoms with E-state index in [0.29, 0.717) is 0 Å². The number of carbonyl (C=O) groups excluding carboxylic acids is 1. The van der Waals surface area contributed by atoms with E-state index >= 15 is 0 Å². The molecule has 30 heavy (non-hydrogen) atoms. The first-order valence-corrected chi connectivity index (χ1v) is 11.1. The van der Waals surface area contributed by atoms with Crippen LogP contribution >= 0.6 is 11.8 Å². The molecule has 0 aliphatic heterocycles. The van der Waals surface area contributed by atoms with E-state index in [0.717, 1.165) is 28.7 Å². The zero-order valence-corrected chi connectivity index (χ0v) is 19.4. The van der Waals surface area contributed by atoms with E-state index in [1.54, 1.807) is 19.0 Å². The molecule has 0 N–H and O–H groups in total. The predicted molar refractivity (Wildman–Crippen MR) is 124 cm³/mol. The van der Waals surface area contributed by atoms with Crippen molar-refractivity contribution in [3.05, 3.63) is 65.7 Å². The molecule has 6 heteroatoms. The lowest BCUT2D eigenvalue weighted by Crippen LogP contribution is -2.27. The van der Waals surface area contributed by atoms with Crippen molar-refractivity contribution in [2.45, 2.75) is 50.1 Å². The van der Waals surface area contributed by atoms with Gasteiger partial charge in [0.15, 0.2) is 11.0 Å². The molecule has 2 aromatic carbocycles. The van der Waals surface area contributed by atoms with Crippen LogP contribution in [0.4, 0.5) is 0 Å². The highest BCUT2D eigenvalue weighted by Gasteiger charge is 2.27. The number of thioether (sulfide) groups is 1. The average molecular weight is 423 g/mol. The fourth-order valence-corrected chi connectivity index (χ4v) is 4.47. The van der Waals surface area contributed by atoms with Crippen LogP contribution in [0.3, 0.4) is 0 Å². The lowest BCUT2D eigenvalue weighted by atomic mass is 9.87. The number of benzene rings is 2. The second-order valence-corrected chi connectivity index (χ2v) is 9.59. The fourth-order valence-electron chi connectivity index (χ4n) is 3.22. The molecule has 3 aromatic rings. The van der Waals surface area contributed by atoms with Crippen molar-refractivity contribution in [2.24, 2.45) is 0 Å². The summed E-state index contributed by atoms with van der Waals surface area (Å²) >= 11 is 1.45. The van der Waals surface area contributed by atoms with Gasteiger partial charge in [0, 0.05) is 26.2 Å². The molecule has 0 saturated heterocycles. The third kappa shape index (κ3) is 4.75. The predicted octanol–water partition coefficient (Wildman–Crippen LogP) is 5.18. The van der Waals surface area contributed by atoms with Crippen molar-refractivity contribution in [2.75, 3.05) is 14.1 Å². The second kappa shape index (κ2) is 9.04. The van der Waals surface area contributed by atoms with E-state index in [2.05, 4.69) is 66.7 Å². The van der Waals surface area contributed by atoms with Crippen molar-refractivity contribution < 1.29 is 4.79 Å². The number of hydrogen-bond acceptors (Lipinski definition) is 4. The first kappa shape index (κ1) is 22.1. The number of aromatic nitrogens is 3. The summed E-state index contributed by atoms with van der Waals surface area (Å²) < 4.78 is 2.08. The highest BCUT2D eigenvalue weighted by molar-refractivity contribution is 8.00. The molecule has 0 spiro atoms. The van der Waals surface area contributed by atoms with Gasteiger partial charge in [0.2, 0.25) is 5.91 Å². The molecule has 0 bridgehead atoms. The highest BCUT2D eigenvalue weighted by atomic mass is 32.2. The standard InChI is InChI=1S/C24H30N4OS/c1-7-28-21(18-13-15-19(16-14-18)24(2,3)4)25-26-23(28)30-20(22(29)27(5)6)17-11-9-8-10-12-17/h8-16,20H,7H2,1-6H3. The van der Waals surface area contributed by atoms with Crippen LogP contribution in [0.5, 0.6) is 0 Å². The van der Waals surface area contributed by atoms with Crippen LogP contribution in [0.1, 0.15) is 44.1 Å². The van der Waals surface area contributed by atoms with Crippen LogP contribution in [-0.2, 0) is 16.8 Å². The summed E-state index contributed by atoms with van der Waals surface area (Å²) in [6.07, 6.45) is 0. The van der Waals surface area contributed by atoms with E-state index in [9.17, 15) is 4.79 Å². The third-order valence-corrected chi connectivity index (χ3v) is 6.26. The van der Waals surface area contributed by atoms with E-state index in [1.807, 2.05) is 30.3 Å².